The van der Waals surface area contributed by atoms with Gasteiger partial charge in [0.05, 0.1) is 23.9 Å². The minimum absolute atomic E-state index is 0.0256. The monoisotopic (exact) mass is 360 g/mol. The van der Waals surface area contributed by atoms with Gasteiger partial charge >= 0.3 is 6.61 Å². The summed E-state index contributed by atoms with van der Waals surface area (Å²) in [4.78, 5) is 4.48. The van der Waals surface area contributed by atoms with E-state index < -0.39 is 6.61 Å². The van der Waals surface area contributed by atoms with Gasteiger partial charge in [-0.1, -0.05) is 12.1 Å². The molecule has 0 unspecified atom stereocenters. The van der Waals surface area contributed by atoms with Crippen LogP contribution in [-0.4, -0.2) is 29.0 Å². The van der Waals surface area contributed by atoms with Gasteiger partial charge in [0, 0.05) is 12.6 Å². The number of methoxy groups -OCH3 is 1. The van der Waals surface area contributed by atoms with Gasteiger partial charge in [0.25, 0.3) is 0 Å². The third-order valence-electron chi connectivity index (χ3n) is 3.91. The fourth-order valence-electron chi connectivity index (χ4n) is 2.53. The zero-order chi connectivity index (χ0) is 18.7. The normalized spacial score (nSPS) is 11.8. The molecule has 0 saturated carbocycles. The molecule has 136 valence electrons. The number of hydrazone groups is 1. The van der Waals surface area contributed by atoms with Crippen LogP contribution in [0.1, 0.15) is 12.5 Å². The number of hydrogen-bond donors (Lipinski definition) is 1. The van der Waals surface area contributed by atoms with Crippen molar-refractivity contribution in [2.45, 2.75) is 13.5 Å². The maximum atomic E-state index is 12.4. The molecule has 0 aliphatic carbocycles. The smallest absolute Gasteiger partial charge is 0.387 e. The van der Waals surface area contributed by atoms with Crippen molar-refractivity contribution in [3.05, 3.63) is 48.0 Å². The molecule has 8 heteroatoms. The maximum absolute atomic E-state index is 12.4. The molecule has 0 radical (unpaired) electrons. The number of anilines is 1. The molecule has 3 rings (SSSR count). The number of benzene rings is 2. The van der Waals surface area contributed by atoms with Crippen molar-refractivity contribution in [2.24, 2.45) is 12.1 Å². The largest absolute Gasteiger partial charge is 0.493 e. The third-order valence-corrected chi connectivity index (χ3v) is 3.91. The minimum atomic E-state index is -2.91. The Bertz CT molecular complexity index is 954. The number of halogens is 2. The van der Waals surface area contributed by atoms with E-state index in [1.807, 2.05) is 35.9 Å². The maximum Gasteiger partial charge on any atom is 0.387 e. The molecule has 3 aromatic rings. The molecular formula is C18H18F2N4O2. The number of rotatable bonds is 6. The van der Waals surface area contributed by atoms with Gasteiger partial charge in [0.1, 0.15) is 0 Å². The molecule has 0 spiro atoms. The van der Waals surface area contributed by atoms with Crippen molar-refractivity contribution in [2.75, 3.05) is 12.5 Å². The first-order valence-corrected chi connectivity index (χ1v) is 7.84. The number of nitrogens with one attached hydrogen (secondary N) is 1. The number of aromatic nitrogens is 2. The zero-order valence-electron chi connectivity index (χ0n) is 14.5. The van der Waals surface area contributed by atoms with E-state index in [1.165, 1.54) is 13.2 Å². The van der Waals surface area contributed by atoms with Crippen molar-refractivity contribution in [3.63, 3.8) is 0 Å². The van der Waals surface area contributed by atoms with E-state index in [4.69, 9.17) is 4.74 Å². The average Bonchev–Trinajstić information content (AvgIpc) is 2.96. The number of para-hydroxylation sites is 2. The van der Waals surface area contributed by atoms with Crippen LogP contribution in [0.3, 0.4) is 0 Å². The van der Waals surface area contributed by atoms with Crippen LogP contribution in [0.15, 0.2) is 47.6 Å². The summed E-state index contributed by atoms with van der Waals surface area (Å²) in [6.07, 6.45) is 0. The van der Waals surface area contributed by atoms with Crippen molar-refractivity contribution in [3.8, 4) is 11.5 Å². The highest BCUT2D eigenvalue weighted by atomic mass is 19.3. The summed E-state index contributed by atoms with van der Waals surface area (Å²) in [5.41, 5.74) is 6.12. The Kier molecular flexibility index (Phi) is 5.01. The number of imidazole rings is 1. The fraction of sp³-hybridized carbons (Fsp3) is 0.222. The summed E-state index contributed by atoms with van der Waals surface area (Å²) in [5.74, 6) is 0.776. The second kappa shape index (κ2) is 7.38. The highest BCUT2D eigenvalue weighted by Crippen LogP contribution is 2.29. The van der Waals surface area contributed by atoms with Gasteiger partial charge < -0.3 is 14.0 Å². The Morgan fingerprint density at radius 2 is 1.96 bits per heavy atom. The Morgan fingerprint density at radius 1 is 1.19 bits per heavy atom. The predicted octanol–water partition coefficient (Wildman–Crippen LogP) is 4.02. The summed E-state index contributed by atoms with van der Waals surface area (Å²) >= 11 is 0. The van der Waals surface area contributed by atoms with Crippen LogP contribution in [0.25, 0.3) is 11.0 Å². The van der Waals surface area contributed by atoms with E-state index >= 15 is 0 Å². The summed E-state index contributed by atoms with van der Waals surface area (Å²) in [5, 5.41) is 4.33. The molecule has 0 bridgehead atoms. The lowest BCUT2D eigenvalue weighted by molar-refractivity contribution is -0.0512. The van der Waals surface area contributed by atoms with Crippen molar-refractivity contribution < 1.29 is 18.3 Å². The molecule has 1 aromatic heterocycles. The summed E-state index contributed by atoms with van der Waals surface area (Å²) < 4.78 is 36.2. The van der Waals surface area contributed by atoms with E-state index in [0.29, 0.717) is 17.2 Å². The molecule has 0 atom stereocenters. The molecule has 0 aliphatic heterocycles. The van der Waals surface area contributed by atoms with E-state index in [2.05, 4.69) is 20.2 Å². The van der Waals surface area contributed by atoms with Crippen LogP contribution in [0, 0.1) is 0 Å². The van der Waals surface area contributed by atoms with Crippen molar-refractivity contribution in [1.82, 2.24) is 9.55 Å². The molecule has 1 heterocycles. The lowest BCUT2D eigenvalue weighted by Gasteiger charge is -2.11. The first kappa shape index (κ1) is 17.7. The van der Waals surface area contributed by atoms with Crippen LogP contribution in [0.4, 0.5) is 14.7 Å². The number of aryl methyl sites for hydroxylation is 1. The number of nitrogens with zero attached hydrogens (tertiary/aromatic N) is 3. The lowest BCUT2D eigenvalue weighted by Crippen LogP contribution is -2.06. The molecule has 0 fully saturated rings. The Labute approximate surface area is 149 Å². The van der Waals surface area contributed by atoms with E-state index in [9.17, 15) is 8.78 Å². The van der Waals surface area contributed by atoms with Crippen LogP contribution in [0.2, 0.25) is 0 Å². The van der Waals surface area contributed by atoms with E-state index in [1.54, 1.807) is 19.1 Å². The van der Waals surface area contributed by atoms with Gasteiger partial charge in [-0.2, -0.15) is 13.9 Å². The van der Waals surface area contributed by atoms with Gasteiger partial charge in [-0.25, -0.2) is 10.4 Å². The molecular weight excluding hydrogens is 342 g/mol. The predicted molar refractivity (Wildman–Crippen MR) is 96.2 cm³/mol. The van der Waals surface area contributed by atoms with Crippen LogP contribution in [0.5, 0.6) is 11.5 Å². The summed E-state index contributed by atoms with van der Waals surface area (Å²) in [6, 6.07) is 12.4. The van der Waals surface area contributed by atoms with Gasteiger partial charge in [0.2, 0.25) is 5.95 Å². The highest BCUT2D eigenvalue weighted by Gasteiger charge is 2.12. The molecule has 2 aromatic carbocycles. The van der Waals surface area contributed by atoms with E-state index in [-0.39, 0.29) is 11.5 Å². The number of ether oxygens (including phenoxy) is 2. The van der Waals surface area contributed by atoms with Gasteiger partial charge in [-0.15, -0.1) is 0 Å². The Hall–Kier alpha value is -3.16. The summed E-state index contributed by atoms with van der Waals surface area (Å²) in [7, 11) is 3.28. The number of fused-ring (bicyclic) bond motifs is 1. The SMILES string of the molecule is COc1cc(C(C)=NNc2nc3ccccc3n2C)ccc1OC(F)F. The lowest BCUT2D eigenvalue weighted by atomic mass is 10.1. The van der Waals surface area contributed by atoms with Crippen LogP contribution >= 0.6 is 0 Å². The number of hydrogen-bond acceptors (Lipinski definition) is 5. The first-order valence-electron chi connectivity index (χ1n) is 7.84. The second-order valence-electron chi connectivity index (χ2n) is 5.54. The third kappa shape index (κ3) is 3.58. The standard InChI is InChI=1S/C18H18F2N4O2/c1-11(12-8-9-15(26-17(19)20)16(10-12)25-3)22-23-18-21-13-6-4-5-7-14(13)24(18)2/h4-10,17H,1-3H3,(H,21,23). The van der Waals surface area contributed by atoms with Gasteiger partial charge in [-0.05, 0) is 37.3 Å². The number of alkyl halides is 2. The minimum Gasteiger partial charge on any atom is -0.493 e. The fourth-order valence-corrected chi connectivity index (χ4v) is 2.53. The summed E-state index contributed by atoms with van der Waals surface area (Å²) in [6.45, 7) is -1.12. The van der Waals surface area contributed by atoms with Crippen LogP contribution < -0.4 is 14.9 Å². The Morgan fingerprint density at radius 3 is 2.65 bits per heavy atom. The van der Waals surface area contributed by atoms with Crippen molar-refractivity contribution >= 4 is 22.7 Å². The van der Waals surface area contributed by atoms with Crippen molar-refractivity contribution in [1.29, 1.82) is 0 Å². The van der Waals surface area contributed by atoms with Gasteiger partial charge in [-0.3, -0.25) is 0 Å². The second-order valence-corrected chi connectivity index (χ2v) is 5.54. The van der Waals surface area contributed by atoms with E-state index in [0.717, 1.165) is 11.0 Å². The average molecular weight is 360 g/mol. The molecule has 6 nitrogen and oxygen atoms in total. The molecule has 0 amide bonds. The molecule has 1 N–H and O–H groups in total. The van der Waals surface area contributed by atoms with Crippen LogP contribution in [-0.2, 0) is 7.05 Å². The highest BCUT2D eigenvalue weighted by molar-refractivity contribution is 5.99. The first-order chi connectivity index (χ1) is 12.5. The molecule has 0 saturated heterocycles. The zero-order valence-corrected chi connectivity index (χ0v) is 14.5. The molecule has 26 heavy (non-hydrogen) atoms. The van der Waals surface area contributed by atoms with Gasteiger partial charge in [0.15, 0.2) is 11.5 Å². The molecule has 0 aliphatic rings. The Balaban J connectivity index is 1.83. The quantitative estimate of drug-likeness (QED) is 0.533. The topological polar surface area (TPSA) is 60.7 Å².